The van der Waals surface area contributed by atoms with Gasteiger partial charge in [-0.1, -0.05) is 18.2 Å². The van der Waals surface area contributed by atoms with E-state index in [4.69, 9.17) is 8.83 Å². The molecule has 1 aromatic carbocycles. The number of hydrogen-bond donors (Lipinski definition) is 1. The Bertz CT molecular complexity index is 1420. The average Bonchev–Trinajstić information content (AvgIpc) is 3.57. The second-order valence-corrected chi connectivity index (χ2v) is 7.93. The minimum Gasteiger partial charge on any atom is -0.458 e. The Morgan fingerprint density at radius 2 is 2.09 bits per heavy atom. The van der Waals surface area contributed by atoms with E-state index in [0.717, 1.165) is 33.6 Å². The highest BCUT2D eigenvalue weighted by atomic mass is 16.4. The first-order chi connectivity index (χ1) is 15.6. The fourth-order valence-corrected chi connectivity index (χ4v) is 4.38. The molecule has 160 valence electrons. The lowest BCUT2D eigenvalue weighted by Gasteiger charge is -2.33. The van der Waals surface area contributed by atoms with Crippen molar-refractivity contribution < 1.29 is 13.6 Å². The number of carbonyl (C=O) groups excluding carboxylic acids is 1. The smallest absolute Gasteiger partial charge is 0.292 e. The Morgan fingerprint density at radius 1 is 1.22 bits per heavy atom. The predicted octanol–water partition coefficient (Wildman–Crippen LogP) is 3.64. The number of benzene rings is 1. The molecular formula is C23H20N6O3. The number of aromatic amines is 1. The van der Waals surface area contributed by atoms with E-state index in [2.05, 4.69) is 20.1 Å². The third-order valence-corrected chi connectivity index (χ3v) is 5.86. The van der Waals surface area contributed by atoms with Crippen LogP contribution in [0.25, 0.3) is 22.4 Å². The van der Waals surface area contributed by atoms with Gasteiger partial charge in [0.05, 0.1) is 35.2 Å². The third-order valence-electron chi connectivity index (χ3n) is 5.86. The Labute approximate surface area is 182 Å². The maximum absolute atomic E-state index is 13.6. The number of nitrogens with one attached hydrogen (secondary N) is 1. The van der Waals surface area contributed by atoms with Crippen LogP contribution >= 0.6 is 0 Å². The Hall–Kier alpha value is -4.14. The van der Waals surface area contributed by atoms with Gasteiger partial charge in [-0.3, -0.25) is 9.48 Å². The van der Waals surface area contributed by atoms with E-state index in [1.165, 1.54) is 6.20 Å². The van der Waals surface area contributed by atoms with Crippen LogP contribution in [0.15, 0.2) is 57.9 Å². The maximum Gasteiger partial charge on any atom is 0.292 e. The van der Waals surface area contributed by atoms with Gasteiger partial charge in [-0.15, -0.1) is 0 Å². The molecular weight excluding hydrogens is 408 g/mol. The van der Waals surface area contributed by atoms with Crippen molar-refractivity contribution in [3.63, 3.8) is 0 Å². The lowest BCUT2D eigenvalue weighted by molar-refractivity contribution is 0.0641. The van der Waals surface area contributed by atoms with Crippen molar-refractivity contribution in [3.05, 3.63) is 77.7 Å². The van der Waals surface area contributed by atoms with Gasteiger partial charge in [-0.2, -0.15) is 5.10 Å². The van der Waals surface area contributed by atoms with Crippen molar-refractivity contribution in [3.8, 4) is 11.5 Å². The summed E-state index contributed by atoms with van der Waals surface area (Å²) in [7, 11) is 1.83. The fraction of sp³-hybridized carbons (Fsp3) is 0.217. The second-order valence-electron chi connectivity index (χ2n) is 7.93. The van der Waals surface area contributed by atoms with E-state index >= 15 is 0 Å². The largest absolute Gasteiger partial charge is 0.458 e. The van der Waals surface area contributed by atoms with E-state index in [1.807, 2.05) is 50.5 Å². The summed E-state index contributed by atoms with van der Waals surface area (Å²) in [4.78, 5) is 27.3. The first kappa shape index (κ1) is 18.6. The molecule has 1 atom stereocenters. The Morgan fingerprint density at radius 3 is 2.91 bits per heavy atom. The summed E-state index contributed by atoms with van der Waals surface area (Å²) in [5, 5.41) is 5.30. The molecule has 0 saturated carbocycles. The van der Waals surface area contributed by atoms with Crippen molar-refractivity contribution >= 4 is 16.9 Å². The molecule has 32 heavy (non-hydrogen) atoms. The Balaban J connectivity index is 1.40. The van der Waals surface area contributed by atoms with E-state index in [1.54, 1.807) is 15.9 Å². The second kappa shape index (κ2) is 6.94. The number of para-hydroxylation sites is 1. The highest BCUT2D eigenvalue weighted by Crippen LogP contribution is 2.37. The maximum atomic E-state index is 13.6. The number of H-pyrrole nitrogens is 1. The molecule has 5 aromatic rings. The molecule has 6 rings (SSSR count). The van der Waals surface area contributed by atoms with Gasteiger partial charge in [0.25, 0.3) is 5.91 Å². The molecule has 1 aliphatic heterocycles. The molecule has 5 heterocycles. The first-order valence-electron chi connectivity index (χ1n) is 10.4. The molecule has 0 fully saturated rings. The standard InChI is InChI=1S/C23H20N6O3/c1-13-15(11-28(2)27-13)22-24-10-19(32-22)23(30)29-8-7-16-20(26-12-25-16)21(29)18-9-14-5-3-4-6-17(14)31-18/h3-6,9-12,21H,7-8H2,1-2H3,(H,25,26)/t21-/m1/s1. The zero-order chi connectivity index (χ0) is 21.8. The quantitative estimate of drug-likeness (QED) is 0.470. The van der Waals surface area contributed by atoms with E-state index < -0.39 is 6.04 Å². The predicted molar refractivity (Wildman–Crippen MR) is 115 cm³/mol. The number of hydrogen-bond acceptors (Lipinski definition) is 6. The van der Waals surface area contributed by atoms with Crippen LogP contribution in [0, 0.1) is 6.92 Å². The molecule has 1 amide bonds. The summed E-state index contributed by atoms with van der Waals surface area (Å²) < 4.78 is 13.7. The monoisotopic (exact) mass is 428 g/mol. The van der Waals surface area contributed by atoms with Gasteiger partial charge in [0.15, 0.2) is 0 Å². The summed E-state index contributed by atoms with van der Waals surface area (Å²) in [6, 6.07) is 9.34. The number of nitrogens with zero attached hydrogens (tertiary/aromatic N) is 5. The van der Waals surface area contributed by atoms with Gasteiger partial charge < -0.3 is 18.7 Å². The van der Waals surface area contributed by atoms with Crippen LogP contribution in [0.2, 0.25) is 0 Å². The summed E-state index contributed by atoms with van der Waals surface area (Å²) in [5.74, 6) is 0.967. The number of aryl methyl sites for hydroxylation is 2. The van der Waals surface area contributed by atoms with Crippen molar-refractivity contribution in [2.75, 3.05) is 6.54 Å². The van der Waals surface area contributed by atoms with E-state index in [9.17, 15) is 4.79 Å². The van der Waals surface area contributed by atoms with E-state index in [-0.39, 0.29) is 11.7 Å². The number of oxazole rings is 1. The van der Waals surface area contributed by atoms with Gasteiger partial charge in [0, 0.05) is 31.6 Å². The molecule has 1 aliphatic rings. The summed E-state index contributed by atoms with van der Waals surface area (Å²) in [6.45, 7) is 2.36. The zero-order valence-corrected chi connectivity index (χ0v) is 17.6. The summed E-state index contributed by atoms with van der Waals surface area (Å²) >= 11 is 0. The Kier molecular flexibility index (Phi) is 4.04. The van der Waals surface area contributed by atoms with Crippen LogP contribution in [0.4, 0.5) is 0 Å². The highest BCUT2D eigenvalue weighted by molar-refractivity contribution is 5.92. The van der Waals surface area contributed by atoms with Crippen molar-refractivity contribution in [1.29, 1.82) is 0 Å². The van der Waals surface area contributed by atoms with Crippen LogP contribution in [-0.2, 0) is 13.5 Å². The number of carbonyl (C=O) groups is 1. The number of imidazole rings is 1. The molecule has 9 heteroatoms. The number of rotatable bonds is 3. The molecule has 0 unspecified atom stereocenters. The third kappa shape index (κ3) is 2.85. The summed E-state index contributed by atoms with van der Waals surface area (Å²) in [5.41, 5.74) is 4.11. The fourth-order valence-electron chi connectivity index (χ4n) is 4.38. The van der Waals surface area contributed by atoms with Gasteiger partial charge in [-0.05, 0) is 19.1 Å². The molecule has 9 nitrogen and oxygen atoms in total. The molecule has 1 N–H and O–H groups in total. The molecule has 0 spiro atoms. The lowest BCUT2D eigenvalue weighted by atomic mass is 10.00. The van der Waals surface area contributed by atoms with Gasteiger partial charge in [0.2, 0.25) is 11.7 Å². The SMILES string of the molecule is Cc1nn(C)cc1-c1ncc(C(=O)N2CCc3nc[nH]c3[C@H]2c2cc3ccccc3o2)o1. The van der Waals surface area contributed by atoms with Crippen molar-refractivity contribution in [2.45, 2.75) is 19.4 Å². The van der Waals surface area contributed by atoms with Gasteiger partial charge in [-0.25, -0.2) is 9.97 Å². The normalized spacial score (nSPS) is 15.9. The molecule has 0 bridgehead atoms. The molecule has 0 aliphatic carbocycles. The molecule has 0 saturated heterocycles. The van der Waals surface area contributed by atoms with Gasteiger partial charge >= 0.3 is 0 Å². The van der Waals surface area contributed by atoms with Crippen LogP contribution in [0.1, 0.15) is 39.4 Å². The van der Waals surface area contributed by atoms with Crippen LogP contribution < -0.4 is 0 Å². The van der Waals surface area contributed by atoms with Crippen molar-refractivity contribution in [1.82, 2.24) is 29.6 Å². The number of fused-ring (bicyclic) bond motifs is 2. The number of amides is 1. The van der Waals surface area contributed by atoms with E-state index in [0.29, 0.717) is 24.6 Å². The van der Waals surface area contributed by atoms with Crippen LogP contribution in [0.3, 0.4) is 0 Å². The van der Waals surface area contributed by atoms with Crippen LogP contribution in [-0.4, -0.2) is 42.1 Å². The average molecular weight is 428 g/mol. The highest BCUT2D eigenvalue weighted by Gasteiger charge is 2.37. The van der Waals surface area contributed by atoms with Gasteiger partial charge in [0.1, 0.15) is 17.4 Å². The summed E-state index contributed by atoms with van der Waals surface area (Å²) in [6.07, 6.45) is 5.60. The number of furan rings is 1. The van der Waals surface area contributed by atoms with Crippen LogP contribution in [0.5, 0.6) is 0 Å². The lowest BCUT2D eigenvalue weighted by Crippen LogP contribution is -2.40. The molecule has 0 radical (unpaired) electrons. The number of aromatic nitrogens is 5. The topological polar surface area (TPSA) is 106 Å². The minimum atomic E-state index is -0.435. The molecule has 4 aromatic heterocycles. The van der Waals surface area contributed by atoms with Crippen molar-refractivity contribution in [2.24, 2.45) is 7.05 Å². The first-order valence-corrected chi connectivity index (χ1v) is 10.4. The minimum absolute atomic E-state index is 0.173. The zero-order valence-electron chi connectivity index (χ0n) is 17.6.